The SMILES string of the molecule is CC(=O)NCCNc1ccc2c(NC(=O)CC34CC5CC(CC(C5)C3)C4)cccc2n1. The van der Waals surface area contributed by atoms with Crippen LogP contribution in [-0.2, 0) is 9.59 Å². The Morgan fingerprint density at radius 3 is 2.39 bits per heavy atom. The third-order valence-electron chi connectivity index (χ3n) is 7.51. The molecule has 1 heterocycles. The van der Waals surface area contributed by atoms with Crippen molar-refractivity contribution in [3.05, 3.63) is 30.3 Å². The number of aromatic nitrogens is 1. The summed E-state index contributed by atoms with van der Waals surface area (Å²) in [5, 5.41) is 10.1. The number of benzene rings is 1. The lowest BCUT2D eigenvalue weighted by molar-refractivity contribution is -0.124. The van der Waals surface area contributed by atoms with E-state index in [0.717, 1.165) is 40.2 Å². The summed E-state index contributed by atoms with van der Waals surface area (Å²) >= 11 is 0. The minimum absolute atomic E-state index is 0.0396. The van der Waals surface area contributed by atoms with Crippen LogP contribution in [0.5, 0.6) is 0 Å². The van der Waals surface area contributed by atoms with Gasteiger partial charge in [-0.1, -0.05) is 6.07 Å². The van der Waals surface area contributed by atoms with E-state index in [-0.39, 0.29) is 17.2 Å². The predicted octanol–water partition coefficient (Wildman–Crippen LogP) is 4.33. The van der Waals surface area contributed by atoms with Crippen LogP contribution >= 0.6 is 0 Å². The number of carbonyl (C=O) groups is 2. The minimum atomic E-state index is -0.0396. The summed E-state index contributed by atoms with van der Waals surface area (Å²) < 4.78 is 0. The highest BCUT2D eigenvalue weighted by Crippen LogP contribution is 2.61. The van der Waals surface area contributed by atoms with E-state index in [1.165, 1.54) is 45.4 Å². The fraction of sp³-hybridized carbons (Fsp3) is 0.560. The number of amides is 2. The Morgan fingerprint density at radius 2 is 1.71 bits per heavy atom. The summed E-state index contributed by atoms with van der Waals surface area (Å²) in [4.78, 5) is 28.7. The summed E-state index contributed by atoms with van der Waals surface area (Å²) in [6.45, 7) is 2.67. The molecule has 0 atom stereocenters. The first kappa shape index (κ1) is 20.3. The molecule has 2 amide bonds. The molecule has 4 aliphatic rings. The standard InChI is InChI=1S/C25H32N4O2/c1-16(30)26-7-8-27-23-6-5-20-21(28-23)3-2-4-22(20)29-24(31)15-25-12-17-9-18(13-25)11-19(10-17)14-25/h2-6,17-19H,7-15H2,1H3,(H,26,30)(H,27,28)(H,29,31). The van der Waals surface area contributed by atoms with Crippen LogP contribution in [-0.4, -0.2) is 29.9 Å². The van der Waals surface area contributed by atoms with Gasteiger partial charge in [-0.25, -0.2) is 4.98 Å². The summed E-state index contributed by atoms with van der Waals surface area (Å²) in [6, 6.07) is 9.79. The van der Waals surface area contributed by atoms with Crippen LogP contribution in [0.15, 0.2) is 30.3 Å². The highest BCUT2D eigenvalue weighted by Gasteiger charge is 2.51. The zero-order valence-electron chi connectivity index (χ0n) is 18.2. The highest BCUT2D eigenvalue weighted by molar-refractivity contribution is 6.01. The van der Waals surface area contributed by atoms with Crippen molar-refractivity contribution < 1.29 is 9.59 Å². The Morgan fingerprint density at radius 1 is 1.00 bits per heavy atom. The first-order valence-corrected chi connectivity index (χ1v) is 11.7. The minimum Gasteiger partial charge on any atom is -0.368 e. The molecule has 0 radical (unpaired) electrons. The van der Waals surface area contributed by atoms with Crippen LogP contribution in [0, 0.1) is 23.2 Å². The van der Waals surface area contributed by atoms with Crippen molar-refractivity contribution in [2.24, 2.45) is 23.2 Å². The third kappa shape index (κ3) is 4.39. The van der Waals surface area contributed by atoms with Gasteiger partial charge in [-0.05, 0) is 86.0 Å². The molecule has 0 unspecified atom stereocenters. The van der Waals surface area contributed by atoms with Gasteiger partial charge in [0.05, 0.1) is 11.2 Å². The van der Waals surface area contributed by atoms with Gasteiger partial charge in [0.25, 0.3) is 0 Å². The molecule has 4 saturated carbocycles. The molecule has 6 rings (SSSR count). The van der Waals surface area contributed by atoms with Crippen molar-refractivity contribution >= 4 is 34.2 Å². The Bertz CT molecular complexity index is 967. The smallest absolute Gasteiger partial charge is 0.224 e. The molecule has 164 valence electrons. The average molecular weight is 421 g/mol. The molecular formula is C25H32N4O2. The second kappa shape index (κ2) is 8.13. The van der Waals surface area contributed by atoms with E-state index < -0.39 is 0 Å². The summed E-state index contributed by atoms with van der Waals surface area (Å²) in [5.74, 6) is 3.44. The van der Waals surface area contributed by atoms with Gasteiger partial charge in [0.1, 0.15) is 5.82 Å². The van der Waals surface area contributed by atoms with Gasteiger partial charge in [-0.3, -0.25) is 9.59 Å². The van der Waals surface area contributed by atoms with Crippen molar-refractivity contribution in [1.29, 1.82) is 0 Å². The van der Waals surface area contributed by atoms with Gasteiger partial charge in [0.2, 0.25) is 11.8 Å². The zero-order chi connectivity index (χ0) is 21.4. The van der Waals surface area contributed by atoms with Crippen molar-refractivity contribution in [3.8, 4) is 0 Å². The zero-order valence-corrected chi connectivity index (χ0v) is 18.2. The van der Waals surface area contributed by atoms with E-state index >= 15 is 0 Å². The Kier molecular flexibility index (Phi) is 5.32. The van der Waals surface area contributed by atoms with Gasteiger partial charge >= 0.3 is 0 Å². The Balaban J connectivity index is 1.25. The van der Waals surface area contributed by atoms with E-state index in [2.05, 4.69) is 20.9 Å². The summed E-state index contributed by atoms with van der Waals surface area (Å²) in [7, 11) is 0. The number of hydrogen-bond donors (Lipinski definition) is 3. The van der Waals surface area contributed by atoms with Crippen LogP contribution in [0.2, 0.25) is 0 Å². The van der Waals surface area contributed by atoms with E-state index in [0.29, 0.717) is 19.5 Å². The molecule has 1 aromatic carbocycles. The van der Waals surface area contributed by atoms with Gasteiger partial charge in [0.15, 0.2) is 0 Å². The number of nitrogens with zero attached hydrogens (tertiary/aromatic N) is 1. The van der Waals surface area contributed by atoms with Crippen LogP contribution in [0.1, 0.15) is 51.9 Å². The number of rotatable bonds is 7. The lowest BCUT2D eigenvalue weighted by Gasteiger charge is -2.56. The molecular weight excluding hydrogens is 388 g/mol. The maximum Gasteiger partial charge on any atom is 0.224 e. The van der Waals surface area contributed by atoms with E-state index in [1.807, 2.05) is 30.3 Å². The summed E-state index contributed by atoms with van der Waals surface area (Å²) in [5.41, 5.74) is 1.92. The van der Waals surface area contributed by atoms with Gasteiger partial charge < -0.3 is 16.0 Å². The molecule has 31 heavy (non-hydrogen) atoms. The number of anilines is 2. The second-order valence-corrected chi connectivity index (χ2v) is 10.1. The molecule has 0 spiro atoms. The molecule has 0 saturated heterocycles. The lowest BCUT2D eigenvalue weighted by atomic mass is 9.49. The molecule has 3 N–H and O–H groups in total. The quantitative estimate of drug-likeness (QED) is 0.582. The van der Waals surface area contributed by atoms with E-state index in [1.54, 1.807) is 0 Å². The fourth-order valence-corrected chi connectivity index (χ4v) is 6.83. The normalized spacial score (nSPS) is 28.5. The molecule has 4 aliphatic carbocycles. The molecule has 4 fully saturated rings. The molecule has 6 heteroatoms. The van der Waals surface area contributed by atoms with E-state index in [4.69, 9.17) is 0 Å². The molecule has 1 aromatic heterocycles. The van der Waals surface area contributed by atoms with Gasteiger partial charge in [-0.2, -0.15) is 0 Å². The number of carbonyl (C=O) groups excluding carboxylic acids is 2. The van der Waals surface area contributed by atoms with Crippen LogP contribution in [0.3, 0.4) is 0 Å². The Labute approximate surface area is 183 Å². The van der Waals surface area contributed by atoms with Gasteiger partial charge in [0, 0.05) is 31.8 Å². The highest BCUT2D eigenvalue weighted by atomic mass is 16.2. The largest absolute Gasteiger partial charge is 0.368 e. The van der Waals surface area contributed by atoms with Crippen LogP contribution in [0.25, 0.3) is 10.9 Å². The number of pyridine rings is 1. The van der Waals surface area contributed by atoms with Gasteiger partial charge in [-0.15, -0.1) is 0 Å². The Hall–Kier alpha value is -2.63. The fourth-order valence-electron chi connectivity index (χ4n) is 6.83. The van der Waals surface area contributed by atoms with Crippen LogP contribution < -0.4 is 16.0 Å². The summed E-state index contributed by atoms with van der Waals surface area (Å²) in [6.07, 6.45) is 8.60. The molecule has 2 aromatic rings. The monoisotopic (exact) mass is 420 g/mol. The van der Waals surface area contributed by atoms with Crippen molar-refractivity contribution in [1.82, 2.24) is 10.3 Å². The number of nitrogens with one attached hydrogen (secondary N) is 3. The number of hydrogen-bond acceptors (Lipinski definition) is 4. The van der Waals surface area contributed by atoms with E-state index in [9.17, 15) is 9.59 Å². The lowest BCUT2D eigenvalue weighted by Crippen LogP contribution is -2.47. The second-order valence-electron chi connectivity index (χ2n) is 10.1. The third-order valence-corrected chi connectivity index (χ3v) is 7.51. The average Bonchev–Trinajstić information content (AvgIpc) is 2.69. The molecule has 0 aliphatic heterocycles. The molecule has 6 nitrogen and oxygen atoms in total. The van der Waals surface area contributed by atoms with Crippen molar-refractivity contribution in [2.45, 2.75) is 51.9 Å². The molecule has 4 bridgehead atoms. The maximum atomic E-state index is 13.1. The maximum absolute atomic E-state index is 13.1. The topological polar surface area (TPSA) is 83.1 Å². The first-order valence-electron chi connectivity index (χ1n) is 11.7. The predicted molar refractivity (Wildman–Crippen MR) is 123 cm³/mol. The van der Waals surface area contributed by atoms with Crippen LogP contribution in [0.4, 0.5) is 11.5 Å². The van der Waals surface area contributed by atoms with Crippen molar-refractivity contribution in [2.75, 3.05) is 23.7 Å². The van der Waals surface area contributed by atoms with Crippen molar-refractivity contribution in [3.63, 3.8) is 0 Å². The number of fused-ring (bicyclic) bond motifs is 1. The first-order chi connectivity index (χ1) is 15.0.